The van der Waals surface area contributed by atoms with Crippen molar-refractivity contribution in [2.45, 2.75) is 57.2 Å². The quantitative estimate of drug-likeness (QED) is 0.173. The van der Waals surface area contributed by atoms with Crippen molar-refractivity contribution in [3.63, 3.8) is 0 Å². The van der Waals surface area contributed by atoms with E-state index in [-0.39, 0.29) is 24.4 Å². The number of likely N-dealkylation sites (tertiary alicyclic amines) is 1. The van der Waals surface area contributed by atoms with Crippen molar-refractivity contribution >= 4 is 0 Å². The second-order valence-corrected chi connectivity index (χ2v) is 12.2. The monoisotopic (exact) mass is 606 g/mol. The van der Waals surface area contributed by atoms with Crippen LogP contribution in [-0.4, -0.2) is 62.0 Å². The Morgan fingerprint density at radius 1 is 0.578 bits per heavy atom. The van der Waals surface area contributed by atoms with Crippen molar-refractivity contribution in [2.75, 3.05) is 32.8 Å². The number of ether oxygens (including phenoxy) is 4. The fourth-order valence-electron chi connectivity index (χ4n) is 6.46. The van der Waals surface area contributed by atoms with Gasteiger partial charge in [0.15, 0.2) is 0 Å². The number of nitrogens with zero attached hydrogens (tertiary/aromatic N) is 1. The van der Waals surface area contributed by atoms with Crippen molar-refractivity contribution < 1.29 is 18.9 Å². The first-order chi connectivity index (χ1) is 22.3. The molecule has 1 N–H and O–H groups in total. The summed E-state index contributed by atoms with van der Waals surface area (Å²) in [6, 6.07) is 41.6. The number of nitrogens with one attached hydrogen (secondary N) is 1. The Bertz CT molecular complexity index is 1370. The van der Waals surface area contributed by atoms with Crippen LogP contribution in [0.5, 0.6) is 0 Å². The summed E-state index contributed by atoms with van der Waals surface area (Å²) in [5, 5.41) is 3.56. The zero-order chi connectivity index (χ0) is 30.5. The minimum atomic E-state index is -0.277. The minimum Gasteiger partial charge on any atom is -0.375 e. The van der Waals surface area contributed by atoms with E-state index in [0.29, 0.717) is 39.0 Å². The van der Waals surface area contributed by atoms with Crippen LogP contribution in [0.15, 0.2) is 121 Å². The molecule has 6 nitrogen and oxygen atoms in total. The van der Waals surface area contributed by atoms with Crippen LogP contribution >= 0.6 is 0 Å². The van der Waals surface area contributed by atoms with Gasteiger partial charge in [-0.15, -0.1) is 0 Å². The van der Waals surface area contributed by atoms with E-state index in [1.54, 1.807) is 0 Å². The van der Waals surface area contributed by atoms with Crippen LogP contribution in [0, 0.1) is 5.92 Å². The summed E-state index contributed by atoms with van der Waals surface area (Å²) in [6.45, 7) is 6.45. The molecule has 0 aromatic heterocycles. The smallest absolute Gasteiger partial charge is 0.113 e. The number of hydrogen-bond acceptors (Lipinski definition) is 6. The van der Waals surface area contributed by atoms with Crippen LogP contribution in [0.3, 0.4) is 0 Å². The zero-order valence-corrected chi connectivity index (χ0v) is 26.1. The molecule has 4 aromatic rings. The third-order valence-electron chi connectivity index (χ3n) is 8.89. The van der Waals surface area contributed by atoms with E-state index in [9.17, 15) is 0 Å². The van der Waals surface area contributed by atoms with E-state index in [4.69, 9.17) is 18.9 Å². The highest BCUT2D eigenvalue weighted by molar-refractivity contribution is 5.16. The lowest BCUT2D eigenvalue weighted by atomic mass is 9.91. The van der Waals surface area contributed by atoms with Gasteiger partial charge in [0.2, 0.25) is 0 Å². The van der Waals surface area contributed by atoms with Gasteiger partial charge in [0.05, 0.1) is 45.2 Å². The lowest BCUT2D eigenvalue weighted by Crippen LogP contribution is -2.65. The van der Waals surface area contributed by atoms with Crippen LogP contribution < -0.4 is 5.32 Å². The van der Waals surface area contributed by atoms with Crippen molar-refractivity contribution in [3.05, 3.63) is 144 Å². The van der Waals surface area contributed by atoms with E-state index in [1.165, 1.54) is 12.0 Å². The van der Waals surface area contributed by atoms with Crippen molar-refractivity contribution in [2.24, 2.45) is 5.92 Å². The molecule has 0 amide bonds. The van der Waals surface area contributed by atoms with Crippen LogP contribution in [0.4, 0.5) is 0 Å². The van der Waals surface area contributed by atoms with Gasteiger partial charge in [-0.2, -0.15) is 0 Å². The highest BCUT2D eigenvalue weighted by Crippen LogP contribution is 2.30. The van der Waals surface area contributed by atoms with E-state index < -0.39 is 0 Å². The normalized spacial score (nSPS) is 23.7. The van der Waals surface area contributed by atoms with Gasteiger partial charge in [0, 0.05) is 13.1 Å². The molecular formula is C39H46N2O4. The summed E-state index contributed by atoms with van der Waals surface area (Å²) in [5.74, 6) is 0.577. The van der Waals surface area contributed by atoms with E-state index >= 15 is 0 Å². The van der Waals surface area contributed by atoms with E-state index in [0.717, 1.165) is 42.9 Å². The third-order valence-corrected chi connectivity index (χ3v) is 8.89. The standard InChI is InChI=1S/C39H46N2O4/c1-5-13-31(14-6-1)26-42-30-36-38(44-28-33-17-9-3-10-18-33)39(45-29-34-19-11-4-12-20-34)37(43-27-32-15-7-2-8-16-32)25-41(36)24-35-21-22-40-23-35/h1-20,35-40H,21-30H2/t35-,36-,37-,38+,39+/m0/s1. The summed E-state index contributed by atoms with van der Waals surface area (Å²) in [6.07, 6.45) is 0.469. The van der Waals surface area contributed by atoms with Gasteiger partial charge in [-0.3, -0.25) is 4.90 Å². The van der Waals surface area contributed by atoms with Gasteiger partial charge in [-0.1, -0.05) is 121 Å². The summed E-state index contributed by atoms with van der Waals surface area (Å²) in [4.78, 5) is 2.57. The van der Waals surface area contributed by atoms with Crippen molar-refractivity contribution in [1.29, 1.82) is 0 Å². The molecule has 4 aromatic carbocycles. The van der Waals surface area contributed by atoms with Gasteiger partial charge in [0.25, 0.3) is 0 Å². The lowest BCUT2D eigenvalue weighted by molar-refractivity contribution is -0.211. The Labute approximate surface area is 268 Å². The molecule has 0 saturated carbocycles. The van der Waals surface area contributed by atoms with Gasteiger partial charge in [-0.25, -0.2) is 0 Å². The average molecular weight is 607 g/mol. The second-order valence-electron chi connectivity index (χ2n) is 12.2. The molecule has 45 heavy (non-hydrogen) atoms. The maximum atomic E-state index is 6.92. The first-order valence-corrected chi connectivity index (χ1v) is 16.3. The third kappa shape index (κ3) is 9.33. The molecule has 0 bridgehead atoms. The highest BCUT2D eigenvalue weighted by atomic mass is 16.6. The van der Waals surface area contributed by atoms with Gasteiger partial charge < -0.3 is 24.3 Å². The first-order valence-electron chi connectivity index (χ1n) is 16.3. The van der Waals surface area contributed by atoms with E-state index in [1.807, 2.05) is 24.3 Å². The SMILES string of the molecule is c1ccc(COC[C@H]2[C@@H](OCc3ccccc3)[C@H](OCc3ccccc3)[C@@H](OCc3ccccc3)CN2C[C@H]2CCNC2)cc1. The summed E-state index contributed by atoms with van der Waals surface area (Å²) >= 11 is 0. The molecule has 2 heterocycles. The maximum Gasteiger partial charge on any atom is 0.113 e. The largest absolute Gasteiger partial charge is 0.375 e. The minimum absolute atomic E-state index is 0.00960. The number of piperidine rings is 1. The van der Waals surface area contributed by atoms with Crippen LogP contribution in [0.1, 0.15) is 28.7 Å². The Morgan fingerprint density at radius 2 is 1.07 bits per heavy atom. The number of rotatable bonds is 15. The molecule has 2 saturated heterocycles. The summed E-state index contributed by atoms with van der Waals surface area (Å²) in [7, 11) is 0. The number of benzene rings is 4. The Morgan fingerprint density at radius 3 is 1.58 bits per heavy atom. The Kier molecular flexibility index (Phi) is 11.8. The molecule has 2 aliphatic rings. The van der Waals surface area contributed by atoms with Crippen LogP contribution in [0.2, 0.25) is 0 Å². The van der Waals surface area contributed by atoms with Crippen LogP contribution in [-0.2, 0) is 45.4 Å². The molecule has 5 atom stereocenters. The molecule has 0 radical (unpaired) electrons. The zero-order valence-electron chi connectivity index (χ0n) is 26.1. The first kappa shape index (κ1) is 31.6. The molecule has 0 spiro atoms. The summed E-state index contributed by atoms with van der Waals surface area (Å²) < 4.78 is 27.0. The highest BCUT2D eigenvalue weighted by Gasteiger charge is 2.46. The fourth-order valence-corrected chi connectivity index (χ4v) is 6.46. The molecule has 0 aliphatic carbocycles. The van der Waals surface area contributed by atoms with Crippen molar-refractivity contribution in [1.82, 2.24) is 10.2 Å². The topological polar surface area (TPSA) is 52.2 Å². The van der Waals surface area contributed by atoms with E-state index in [2.05, 4.69) is 107 Å². The number of hydrogen-bond donors (Lipinski definition) is 1. The fraction of sp³-hybridized carbons (Fsp3) is 0.385. The average Bonchev–Trinajstić information content (AvgIpc) is 3.61. The Hall–Kier alpha value is -3.36. The predicted molar refractivity (Wildman–Crippen MR) is 177 cm³/mol. The molecule has 2 aliphatic heterocycles. The predicted octanol–water partition coefficient (Wildman–Crippen LogP) is 6.25. The second kappa shape index (κ2) is 16.8. The maximum absolute atomic E-state index is 6.92. The van der Waals surface area contributed by atoms with Crippen molar-refractivity contribution in [3.8, 4) is 0 Å². The van der Waals surface area contributed by atoms with Crippen LogP contribution in [0.25, 0.3) is 0 Å². The molecule has 6 rings (SSSR count). The summed E-state index contributed by atoms with van der Waals surface area (Å²) in [5.41, 5.74) is 4.60. The molecular weight excluding hydrogens is 560 g/mol. The van der Waals surface area contributed by atoms with Gasteiger partial charge in [0.1, 0.15) is 12.2 Å². The molecule has 236 valence electrons. The molecule has 0 unspecified atom stereocenters. The Balaban J connectivity index is 1.28. The lowest BCUT2D eigenvalue weighted by Gasteiger charge is -2.49. The molecule has 2 fully saturated rings. The van der Waals surface area contributed by atoms with Gasteiger partial charge in [-0.05, 0) is 47.7 Å². The molecule has 6 heteroatoms. The van der Waals surface area contributed by atoms with Gasteiger partial charge >= 0.3 is 0 Å².